The molecule has 0 fully saturated rings. The summed E-state index contributed by atoms with van der Waals surface area (Å²) in [6.07, 6.45) is 2.66. The highest BCUT2D eigenvalue weighted by atomic mass is 16.5. The van der Waals surface area contributed by atoms with Crippen molar-refractivity contribution in [1.29, 1.82) is 0 Å². The molecule has 0 bridgehead atoms. The zero-order chi connectivity index (χ0) is 19.3. The molecule has 0 aliphatic carbocycles. The Kier molecular flexibility index (Phi) is 5.14. The number of nitrogens with one attached hydrogen (secondary N) is 1. The Labute approximate surface area is 163 Å². The predicted molar refractivity (Wildman–Crippen MR) is 112 cm³/mol. The van der Waals surface area contributed by atoms with Crippen LogP contribution in [-0.2, 0) is 6.54 Å². The van der Waals surface area contributed by atoms with E-state index in [4.69, 9.17) is 4.74 Å². The van der Waals surface area contributed by atoms with Crippen molar-refractivity contribution in [3.63, 3.8) is 0 Å². The van der Waals surface area contributed by atoms with Crippen LogP contribution in [0.4, 0.5) is 5.95 Å². The van der Waals surface area contributed by atoms with Crippen LogP contribution in [0.1, 0.15) is 25.8 Å². The summed E-state index contributed by atoms with van der Waals surface area (Å²) in [7, 11) is 0. The number of hydrogen-bond acceptors (Lipinski definition) is 6. The van der Waals surface area contributed by atoms with Gasteiger partial charge in [-0.1, -0.05) is 37.3 Å². The molecule has 28 heavy (non-hydrogen) atoms. The van der Waals surface area contributed by atoms with Crippen molar-refractivity contribution in [3.8, 4) is 5.75 Å². The first-order valence-corrected chi connectivity index (χ1v) is 9.44. The molecule has 2 heterocycles. The normalized spacial score (nSPS) is 11.5. The van der Waals surface area contributed by atoms with Crippen molar-refractivity contribution in [2.24, 2.45) is 5.10 Å². The summed E-state index contributed by atoms with van der Waals surface area (Å²) in [5.74, 6) is 1.16. The minimum atomic E-state index is 0.355. The smallest absolute Gasteiger partial charge is 0.265 e. The number of para-hydroxylation sites is 2. The van der Waals surface area contributed by atoms with Crippen molar-refractivity contribution in [2.45, 2.75) is 26.8 Å². The van der Waals surface area contributed by atoms with Gasteiger partial charge < -0.3 is 9.30 Å². The van der Waals surface area contributed by atoms with E-state index in [1.165, 1.54) is 0 Å². The van der Waals surface area contributed by atoms with E-state index in [1.54, 1.807) is 6.21 Å². The van der Waals surface area contributed by atoms with Gasteiger partial charge in [-0.15, -0.1) is 10.2 Å². The van der Waals surface area contributed by atoms with Gasteiger partial charge in [0.15, 0.2) is 5.65 Å². The van der Waals surface area contributed by atoms with E-state index in [0.717, 1.165) is 46.3 Å². The van der Waals surface area contributed by atoms with Gasteiger partial charge >= 0.3 is 0 Å². The Hall–Kier alpha value is -3.48. The first kappa shape index (κ1) is 17.9. The van der Waals surface area contributed by atoms with Gasteiger partial charge in [0, 0.05) is 17.5 Å². The first-order valence-electron chi connectivity index (χ1n) is 9.44. The minimum Gasteiger partial charge on any atom is -0.493 e. The number of hydrazone groups is 1. The Balaban J connectivity index is 1.61. The summed E-state index contributed by atoms with van der Waals surface area (Å²) >= 11 is 0. The second-order valence-corrected chi connectivity index (χ2v) is 6.33. The van der Waals surface area contributed by atoms with Gasteiger partial charge in [-0.3, -0.25) is 0 Å². The molecular weight excluding hydrogens is 352 g/mol. The average molecular weight is 374 g/mol. The Bertz CT molecular complexity index is 1130. The maximum absolute atomic E-state index is 5.74. The van der Waals surface area contributed by atoms with Gasteiger partial charge in [-0.05, 0) is 31.5 Å². The molecule has 0 saturated carbocycles. The molecule has 142 valence electrons. The highest BCUT2D eigenvalue weighted by Gasteiger charge is 2.13. The molecule has 0 saturated heterocycles. The molecule has 7 nitrogen and oxygen atoms in total. The van der Waals surface area contributed by atoms with Crippen molar-refractivity contribution in [1.82, 2.24) is 19.7 Å². The molecule has 2 aromatic heterocycles. The molecule has 0 spiro atoms. The molecular formula is C21H22N6O. The lowest BCUT2D eigenvalue weighted by Crippen LogP contribution is -2.03. The maximum Gasteiger partial charge on any atom is 0.265 e. The third-order valence-electron chi connectivity index (χ3n) is 4.44. The molecule has 0 radical (unpaired) electrons. The van der Waals surface area contributed by atoms with Crippen LogP contribution < -0.4 is 10.2 Å². The van der Waals surface area contributed by atoms with E-state index in [0.29, 0.717) is 12.6 Å². The molecule has 0 atom stereocenters. The number of fused-ring (bicyclic) bond motifs is 3. The van der Waals surface area contributed by atoms with Crippen LogP contribution in [0.2, 0.25) is 0 Å². The Morgan fingerprint density at radius 2 is 1.89 bits per heavy atom. The number of anilines is 1. The number of nitrogens with zero attached hydrogens (tertiary/aromatic N) is 5. The fourth-order valence-corrected chi connectivity index (χ4v) is 3.16. The number of rotatable bonds is 7. The summed E-state index contributed by atoms with van der Waals surface area (Å²) in [4.78, 5) is 4.62. The van der Waals surface area contributed by atoms with Gasteiger partial charge in [-0.2, -0.15) is 10.1 Å². The number of benzene rings is 2. The van der Waals surface area contributed by atoms with Crippen LogP contribution in [0, 0.1) is 0 Å². The van der Waals surface area contributed by atoms with Crippen LogP contribution in [0.15, 0.2) is 53.6 Å². The molecule has 1 N–H and O–H groups in total. The average Bonchev–Trinajstić information content (AvgIpc) is 3.06. The van der Waals surface area contributed by atoms with E-state index in [-0.39, 0.29) is 0 Å². The molecule has 0 amide bonds. The van der Waals surface area contributed by atoms with Gasteiger partial charge in [0.25, 0.3) is 5.95 Å². The molecule has 7 heteroatoms. The Morgan fingerprint density at radius 3 is 2.75 bits per heavy atom. The number of aryl methyl sites for hydroxylation is 1. The third kappa shape index (κ3) is 3.38. The lowest BCUT2D eigenvalue weighted by atomic mass is 10.2. The minimum absolute atomic E-state index is 0.355. The fraction of sp³-hybridized carbons (Fsp3) is 0.238. The molecule has 0 unspecified atom stereocenters. The lowest BCUT2D eigenvalue weighted by Gasteiger charge is -2.07. The standard InChI is InChI=1S/C21H22N6O/c1-3-13-28-18-12-8-5-9-15(18)14-22-25-21-23-20-19(24-26-21)16-10-6-7-11-17(16)27(20)4-2/h5-12,14H,3-4,13H2,1-2H3,(H,23,25,26)/b22-14+. The fourth-order valence-electron chi connectivity index (χ4n) is 3.16. The summed E-state index contributed by atoms with van der Waals surface area (Å²) in [6.45, 7) is 5.64. The van der Waals surface area contributed by atoms with E-state index in [2.05, 4.69) is 50.2 Å². The van der Waals surface area contributed by atoms with Crippen LogP contribution in [0.25, 0.3) is 22.1 Å². The van der Waals surface area contributed by atoms with Gasteiger partial charge in [-0.25, -0.2) is 5.43 Å². The number of hydrogen-bond donors (Lipinski definition) is 1. The molecule has 0 aliphatic heterocycles. The van der Waals surface area contributed by atoms with Crippen LogP contribution >= 0.6 is 0 Å². The van der Waals surface area contributed by atoms with Crippen molar-refractivity contribution < 1.29 is 4.74 Å². The number of ether oxygens (including phenoxy) is 1. The highest BCUT2D eigenvalue weighted by molar-refractivity contribution is 6.04. The van der Waals surface area contributed by atoms with E-state index in [9.17, 15) is 0 Å². The van der Waals surface area contributed by atoms with Crippen molar-refractivity contribution >= 4 is 34.2 Å². The second-order valence-electron chi connectivity index (χ2n) is 6.33. The quantitative estimate of drug-likeness (QED) is 0.387. The zero-order valence-corrected chi connectivity index (χ0v) is 16.0. The largest absolute Gasteiger partial charge is 0.493 e. The molecule has 4 rings (SSSR count). The van der Waals surface area contributed by atoms with Crippen molar-refractivity contribution in [2.75, 3.05) is 12.0 Å². The summed E-state index contributed by atoms with van der Waals surface area (Å²) in [5.41, 5.74) is 6.46. The molecule has 4 aromatic rings. The maximum atomic E-state index is 5.74. The molecule has 2 aromatic carbocycles. The zero-order valence-electron chi connectivity index (χ0n) is 16.0. The second kappa shape index (κ2) is 8.04. The Morgan fingerprint density at radius 1 is 1.07 bits per heavy atom. The van der Waals surface area contributed by atoms with Gasteiger partial charge in [0.05, 0.1) is 18.3 Å². The topological polar surface area (TPSA) is 77.2 Å². The van der Waals surface area contributed by atoms with Crippen molar-refractivity contribution in [3.05, 3.63) is 54.1 Å². The lowest BCUT2D eigenvalue weighted by molar-refractivity contribution is 0.317. The predicted octanol–water partition coefficient (Wildman–Crippen LogP) is 4.23. The van der Waals surface area contributed by atoms with Crippen LogP contribution in [0.5, 0.6) is 5.75 Å². The first-order chi connectivity index (χ1) is 13.8. The van der Waals surface area contributed by atoms with E-state index < -0.39 is 0 Å². The monoisotopic (exact) mass is 374 g/mol. The highest BCUT2D eigenvalue weighted by Crippen LogP contribution is 2.26. The van der Waals surface area contributed by atoms with Gasteiger partial charge in [0.2, 0.25) is 0 Å². The summed E-state index contributed by atoms with van der Waals surface area (Å²) in [6, 6.07) is 15.9. The summed E-state index contributed by atoms with van der Waals surface area (Å²) in [5, 5.41) is 13.9. The third-order valence-corrected chi connectivity index (χ3v) is 4.44. The molecule has 0 aliphatic rings. The van der Waals surface area contributed by atoms with E-state index in [1.807, 2.05) is 42.5 Å². The van der Waals surface area contributed by atoms with Crippen LogP contribution in [-0.4, -0.2) is 32.6 Å². The van der Waals surface area contributed by atoms with E-state index >= 15 is 0 Å². The summed E-state index contributed by atoms with van der Waals surface area (Å²) < 4.78 is 7.87. The van der Waals surface area contributed by atoms with Gasteiger partial charge in [0.1, 0.15) is 11.3 Å². The van der Waals surface area contributed by atoms with Crippen LogP contribution in [0.3, 0.4) is 0 Å². The number of aromatic nitrogens is 4. The SMILES string of the molecule is CCCOc1ccccc1/C=N/Nc1nnc2c3ccccc3n(CC)c2n1.